The van der Waals surface area contributed by atoms with Gasteiger partial charge >= 0.3 is 0 Å². The average Bonchev–Trinajstić information content (AvgIpc) is 2.69. The molecule has 156 valence electrons. The van der Waals surface area contributed by atoms with Crippen LogP contribution in [0.5, 0.6) is 0 Å². The second-order valence-electron chi connectivity index (χ2n) is 6.66. The summed E-state index contributed by atoms with van der Waals surface area (Å²) in [6.07, 6.45) is 0. The molecule has 0 spiro atoms. The van der Waals surface area contributed by atoms with Crippen LogP contribution in [0.2, 0.25) is 10.0 Å². The lowest BCUT2D eigenvalue weighted by Gasteiger charge is -2.36. The number of carbonyl (C=O) groups is 1. The van der Waals surface area contributed by atoms with Gasteiger partial charge in [-0.25, -0.2) is 12.8 Å². The van der Waals surface area contributed by atoms with Crippen LogP contribution in [0.25, 0.3) is 0 Å². The first-order valence-corrected chi connectivity index (χ1v) is 11.1. The number of amides is 1. The Bertz CT molecular complexity index is 1010. The summed E-state index contributed by atoms with van der Waals surface area (Å²) in [6.45, 7) is 2.97. The first-order valence-electron chi connectivity index (χ1n) is 8.95. The summed E-state index contributed by atoms with van der Waals surface area (Å²) in [5, 5.41) is 2.97. The van der Waals surface area contributed by atoms with E-state index < -0.39 is 21.9 Å². The van der Waals surface area contributed by atoms with Crippen molar-refractivity contribution < 1.29 is 17.6 Å². The van der Waals surface area contributed by atoms with Crippen molar-refractivity contribution >= 4 is 44.8 Å². The Morgan fingerprint density at radius 1 is 1.07 bits per heavy atom. The van der Waals surface area contributed by atoms with Gasteiger partial charge in [-0.2, -0.15) is 4.31 Å². The molecule has 1 amide bonds. The predicted octanol–water partition coefficient (Wildman–Crippen LogP) is 3.47. The quantitative estimate of drug-likeness (QED) is 0.742. The lowest BCUT2D eigenvalue weighted by atomic mass is 10.2. The van der Waals surface area contributed by atoms with Crippen LogP contribution in [0.1, 0.15) is 6.92 Å². The minimum atomic E-state index is -3.70. The van der Waals surface area contributed by atoms with Crippen LogP contribution >= 0.6 is 23.2 Å². The van der Waals surface area contributed by atoms with Crippen LogP contribution in [0.15, 0.2) is 47.4 Å². The molecular formula is C19H20Cl2FN3O3S. The third-order valence-electron chi connectivity index (χ3n) is 4.84. The zero-order chi connectivity index (χ0) is 21.2. The first kappa shape index (κ1) is 22.0. The second-order valence-corrected chi connectivity index (χ2v) is 9.38. The van der Waals surface area contributed by atoms with Crippen molar-refractivity contribution in [3.05, 3.63) is 58.3 Å². The number of benzene rings is 2. The minimum absolute atomic E-state index is 0.0758. The van der Waals surface area contributed by atoms with Gasteiger partial charge in [0.1, 0.15) is 10.7 Å². The van der Waals surface area contributed by atoms with Crippen LogP contribution in [0, 0.1) is 5.82 Å². The van der Waals surface area contributed by atoms with E-state index in [2.05, 4.69) is 5.32 Å². The van der Waals surface area contributed by atoms with Crippen LogP contribution in [0.3, 0.4) is 0 Å². The Labute approximate surface area is 179 Å². The summed E-state index contributed by atoms with van der Waals surface area (Å²) in [5.41, 5.74) is 0.324. The number of rotatable bonds is 5. The molecular weight excluding hydrogens is 440 g/mol. The largest absolute Gasteiger partial charge is 0.323 e. The maximum Gasteiger partial charge on any atom is 0.244 e. The third-order valence-corrected chi connectivity index (χ3v) is 7.56. The maximum absolute atomic E-state index is 13.1. The summed E-state index contributed by atoms with van der Waals surface area (Å²) in [7, 11) is -3.70. The van der Waals surface area contributed by atoms with Gasteiger partial charge in [0.2, 0.25) is 15.9 Å². The molecule has 29 heavy (non-hydrogen) atoms. The van der Waals surface area contributed by atoms with E-state index in [9.17, 15) is 17.6 Å². The number of piperazine rings is 1. The van der Waals surface area contributed by atoms with E-state index in [1.165, 1.54) is 28.6 Å². The highest BCUT2D eigenvalue weighted by atomic mass is 35.5. The average molecular weight is 460 g/mol. The molecule has 1 atom stereocenters. The zero-order valence-corrected chi connectivity index (χ0v) is 17.9. The molecule has 6 nitrogen and oxygen atoms in total. The molecule has 0 aliphatic carbocycles. The van der Waals surface area contributed by atoms with Crippen molar-refractivity contribution in [3.8, 4) is 0 Å². The molecule has 1 fully saturated rings. The first-order chi connectivity index (χ1) is 13.7. The summed E-state index contributed by atoms with van der Waals surface area (Å²) in [6, 6.07) is 9.54. The highest BCUT2D eigenvalue weighted by Crippen LogP contribution is 2.26. The number of carbonyl (C=O) groups excluding carboxylic acids is 1. The van der Waals surface area contributed by atoms with Gasteiger partial charge in [0.25, 0.3) is 0 Å². The number of nitrogens with zero attached hydrogens (tertiary/aromatic N) is 2. The molecule has 1 N–H and O–H groups in total. The fourth-order valence-electron chi connectivity index (χ4n) is 3.12. The SMILES string of the molecule is C[C@H](C(=O)Nc1ccc(F)cc1Cl)N1CCN(S(=O)(=O)c2ccccc2Cl)CC1. The Kier molecular flexibility index (Phi) is 6.80. The standard InChI is InChI=1S/C19H20Cl2FN3O3S/c1-13(19(26)23-17-7-6-14(22)12-16(17)21)24-8-10-25(11-9-24)29(27,28)18-5-3-2-4-15(18)20/h2-7,12-13H,8-11H2,1H3,(H,23,26)/t13-/m1/s1. The van der Waals surface area contributed by atoms with E-state index in [4.69, 9.17) is 23.2 Å². The molecule has 1 aliphatic rings. The molecule has 0 aromatic heterocycles. The van der Waals surface area contributed by atoms with Gasteiger partial charge in [-0.3, -0.25) is 9.69 Å². The number of hydrogen-bond acceptors (Lipinski definition) is 4. The summed E-state index contributed by atoms with van der Waals surface area (Å²) in [4.78, 5) is 14.5. The third kappa shape index (κ3) is 4.90. The zero-order valence-electron chi connectivity index (χ0n) is 15.6. The number of halogens is 3. The number of anilines is 1. The van der Waals surface area contributed by atoms with E-state index in [1.807, 2.05) is 4.90 Å². The van der Waals surface area contributed by atoms with Crippen molar-refractivity contribution in [3.63, 3.8) is 0 Å². The van der Waals surface area contributed by atoms with E-state index in [-0.39, 0.29) is 33.9 Å². The fourth-order valence-corrected chi connectivity index (χ4v) is 5.25. The van der Waals surface area contributed by atoms with Crippen molar-refractivity contribution in [2.75, 3.05) is 31.5 Å². The van der Waals surface area contributed by atoms with Crippen molar-refractivity contribution in [1.82, 2.24) is 9.21 Å². The van der Waals surface area contributed by atoms with Crippen molar-refractivity contribution in [2.24, 2.45) is 0 Å². The lowest BCUT2D eigenvalue weighted by molar-refractivity contribution is -0.121. The molecule has 10 heteroatoms. The maximum atomic E-state index is 13.1. The molecule has 0 unspecified atom stereocenters. The Balaban J connectivity index is 1.62. The highest BCUT2D eigenvalue weighted by molar-refractivity contribution is 7.89. The van der Waals surface area contributed by atoms with Gasteiger partial charge in [-0.15, -0.1) is 0 Å². The van der Waals surface area contributed by atoms with E-state index in [0.29, 0.717) is 18.8 Å². The van der Waals surface area contributed by atoms with Gasteiger partial charge in [-0.05, 0) is 37.3 Å². The minimum Gasteiger partial charge on any atom is -0.323 e. The van der Waals surface area contributed by atoms with Gasteiger partial charge in [0.05, 0.1) is 21.8 Å². The fraction of sp³-hybridized carbons (Fsp3) is 0.316. The molecule has 1 heterocycles. The molecule has 0 radical (unpaired) electrons. The summed E-state index contributed by atoms with van der Waals surface area (Å²) >= 11 is 12.0. The van der Waals surface area contributed by atoms with Crippen LogP contribution < -0.4 is 5.32 Å². The summed E-state index contributed by atoms with van der Waals surface area (Å²) < 4.78 is 40.2. The molecule has 0 bridgehead atoms. The molecule has 0 saturated carbocycles. The monoisotopic (exact) mass is 459 g/mol. The number of sulfonamides is 1. The topological polar surface area (TPSA) is 69.7 Å². The van der Waals surface area contributed by atoms with Crippen molar-refractivity contribution in [2.45, 2.75) is 17.9 Å². The molecule has 1 saturated heterocycles. The summed E-state index contributed by atoms with van der Waals surface area (Å²) in [5.74, 6) is -0.794. The normalized spacial score (nSPS) is 17.1. The lowest BCUT2D eigenvalue weighted by Crippen LogP contribution is -2.53. The highest BCUT2D eigenvalue weighted by Gasteiger charge is 2.32. The van der Waals surface area contributed by atoms with Gasteiger partial charge < -0.3 is 5.32 Å². The van der Waals surface area contributed by atoms with Crippen molar-refractivity contribution in [1.29, 1.82) is 0 Å². The van der Waals surface area contributed by atoms with E-state index in [1.54, 1.807) is 19.1 Å². The van der Waals surface area contributed by atoms with Crippen LogP contribution in [-0.4, -0.2) is 55.8 Å². The molecule has 3 rings (SSSR count). The number of nitrogens with one attached hydrogen (secondary N) is 1. The molecule has 2 aromatic rings. The molecule has 1 aliphatic heterocycles. The van der Waals surface area contributed by atoms with Gasteiger partial charge in [0.15, 0.2) is 0 Å². The van der Waals surface area contributed by atoms with E-state index in [0.717, 1.165) is 6.07 Å². The van der Waals surface area contributed by atoms with E-state index >= 15 is 0 Å². The van der Waals surface area contributed by atoms with Crippen LogP contribution in [0.4, 0.5) is 10.1 Å². The van der Waals surface area contributed by atoms with Crippen LogP contribution in [-0.2, 0) is 14.8 Å². The Morgan fingerprint density at radius 2 is 1.72 bits per heavy atom. The Hall–Kier alpha value is -1.71. The second kappa shape index (κ2) is 8.97. The molecule has 2 aromatic carbocycles. The Morgan fingerprint density at radius 3 is 2.34 bits per heavy atom. The smallest absolute Gasteiger partial charge is 0.244 e. The predicted molar refractivity (Wildman–Crippen MR) is 111 cm³/mol. The van der Waals surface area contributed by atoms with Gasteiger partial charge in [-0.1, -0.05) is 35.3 Å². The number of hydrogen-bond donors (Lipinski definition) is 1. The van der Waals surface area contributed by atoms with Gasteiger partial charge in [0, 0.05) is 26.2 Å².